The van der Waals surface area contributed by atoms with Gasteiger partial charge in [-0.3, -0.25) is 9.78 Å². The molecule has 0 N–H and O–H groups in total. The first-order valence-electron chi connectivity index (χ1n) is 5.39. The molecule has 0 spiro atoms. The van der Waals surface area contributed by atoms with E-state index < -0.39 is 0 Å². The Bertz CT molecular complexity index is 659. The Morgan fingerprint density at radius 1 is 1.17 bits per heavy atom. The van der Waals surface area contributed by atoms with Crippen LogP contribution in [0.25, 0.3) is 5.69 Å². The standard InChI is InChI=1S/C13H9N3OS/c17-13(12-8-14-9-18-12)11-6-7-15-16(11)10-4-2-1-3-5-10/h1-9H. The van der Waals surface area contributed by atoms with Crippen molar-refractivity contribution in [1.29, 1.82) is 0 Å². The second kappa shape index (κ2) is 4.54. The highest BCUT2D eigenvalue weighted by molar-refractivity contribution is 7.11. The third-order valence-corrected chi connectivity index (χ3v) is 3.30. The van der Waals surface area contributed by atoms with Crippen LogP contribution in [0, 0.1) is 0 Å². The maximum atomic E-state index is 12.3. The van der Waals surface area contributed by atoms with Crippen LogP contribution < -0.4 is 0 Å². The van der Waals surface area contributed by atoms with Gasteiger partial charge in [-0.05, 0) is 18.2 Å². The summed E-state index contributed by atoms with van der Waals surface area (Å²) in [5.74, 6) is -0.0566. The number of ketones is 1. The Morgan fingerprint density at radius 2 is 2.00 bits per heavy atom. The average Bonchev–Trinajstić information content (AvgIpc) is 3.10. The first kappa shape index (κ1) is 10.9. The van der Waals surface area contributed by atoms with Gasteiger partial charge in [-0.1, -0.05) is 18.2 Å². The van der Waals surface area contributed by atoms with Crippen LogP contribution in [0.15, 0.2) is 54.3 Å². The van der Waals surface area contributed by atoms with E-state index in [1.165, 1.54) is 11.3 Å². The lowest BCUT2D eigenvalue weighted by Gasteiger charge is -2.05. The molecule has 3 aromatic rings. The van der Waals surface area contributed by atoms with Crippen molar-refractivity contribution >= 4 is 17.1 Å². The summed E-state index contributed by atoms with van der Waals surface area (Å²) in [5, 5.41) is 4.20. The molecule has 5 heteroatoms. The quantitative estimate of drug-likeness (QED) is 0.676. The molecule has 1 aromatic carbocycles. The number of hydrogen-bond donors (Lipinski definition) is 0. The van der Waals surface area contributed by atoms with Crippen molar-refractivity contribution in [3.05, 3.63) is 64.9 Å². The van der Waals surface area contributed by atoms with Gasteiger partial charge in [-0.15, -0.1) is 11.3 Å². The largest absolute Gasteiger partial charge is 0.286 e. The summed E-state index contributed by atoms with van der Waals surface area (Å²) in [5.41, 5.74) is 3.07. The molecule has 0 amide bonds. The van der Waals surface area contributed by atoms with E-state index in [2.05, 4.69) is 10.1 Å². The Hall–Kier alpha value is -2.27. The van der Waals surface area contributed by atoms with Crippen LogP contribution in [-0.2, 0) is 0 Å². The van der Waals surface area contributed by atoms with Gasteiger partial charge in [0.2, 0.25) is 5.78 Å². The molecule has 0 aliphatic rings. The highest BCUT2D eigenvalue weighted by Crippen LogP contribution is 2.16. The highest BCUT2D eigenvalue weighted by atomic mass is 32.1. The third kappa shape index (κ3) is 1.84. The highest BCUT2D eigenvalue weighted by Gasteiger charge is 2.16. The summed E-state index contributed by atoms with van der Waals surface area (Å²) in [4.78, 5) is 16.8. The molecule has 18 heavy (non-hydrogen) atoms. The number of hydrogen-bond acceptors (Lipinski definition) is 4. The van der Waals surface area contributed by atoms with Crippen LogP contribution in [0.4, 0.5) is 0 Å². The zero-order valence-corrected chi connectivity index (χ0v) is 10.2. The minimum Gasteiger partial charge on any atom is -0.286 e. The van der Waals surface area contributed by atoms with Gasteiger partial charge in [0.25, 0.3) is 0 Å². The average molecular weight is 255 g/mol. The van der Waals surface area contributed by atoms with Gasteiger partial charge in [-0.2, -0.15) is 5.10 Å². The van der Waals surface area contributed by atoms with E-state index in [-0.39, 0.29) is 5.78 Å². The van der Waals surface area contributed by atoms with Gasteiger partial charge in [-0.25, -0.2) is 4.68 Å². The Kier molecular flexibility index (Phi) is 2.74. The van der Waals surface area contributed by atoms with Crippen LogP contribution in [-0.4, -0.2) is 20.5 Å². The minimum absolute atomic E-state index is 0.0566. The Labute approximate surface area is 108 Å². The van der Waals surface area contributed by atoms with Crippen molar-refractivity contribution < 1.29 is 4.79 Å². The minimum atomic E-state index is -0.0566. The van der Waals surface area contributed by atoms with Gasteiger partial charge in [0.05, 0.1) is 22.3 Å². The maximum Gasteiger partial charge on any atom is 0.223 e. The molecule has 0 fully saturated rings. The maximum absolute atomic E-state index is 12.3. The molecule has 0 aliphatic heterocycles. The van der Waals surface area contributed by atoms with Gasteiger partial charge in [0, 0.05) is 6.20 Å². The third-order valence-electron chi connectivity index (χ3n) is 2.53. The molecule has 0 saturated heterocycles. The van der Waals surface area contributed by atoms with Gasteiger partial charge >= 0.3 is 0 Å². The molecule has 0 bridgehead atoms. The molecule has 4 nitrogen and oxygen atoms in total. The van der Waals surface area contributed by atoms with E-state index in [0.717, 1.165) is 5.69 Å². The second-order valence-electron chi connectivity index (χ2n) is 3.66. The number of carbonyl (C=O) groups is 1. The first-order chi connectivity index (χ1) is 8.86. The van der Waals surface area contributed by atoms with E-state index in [1.54, 1.807) is 28.7 Å². The molecule has 2 heterocycles. The van der Waals surface area contributed by atoms with Gasteiger partial charge in [0.15, 0.2) is 0 Å². The summed E-state index contributed by atoms with van der Waals surface area (Å²) in [6.07, 6.45) is 3.20. The van der Waals surface area contributed by atoms with Crippen molar-refractivity contribution in [1.82, 2.24) is 14.8 Å². The van der Waals surface area contributed by atoms with E-state index in [0.29, 0.717) is 10.6 Å². The number of para-hydroxylation sites is 1. The molecule has 0 atom stereocenters. The number of rotatable bonds is 3. The summed E-state index contributed by atoms with van der Waals surface area (Å²) < 4.78 is 1.64. The fourth-order valence-electron chi connectivity index (χ4n) is 1.70. The summed E-state index contributed by atoms with van der Waals surface area (Å²) in [7, 11) is 0. The monoisotopic (exact) mass is 255 g/mol. The van der Waals surface area contributed by atoms with Crippen molar-refractivity contribution in [2.75, 3.05) is 0 Å². The lowest BCUT2D eigenvalue weighted by Crippen LogP contribution is -2.08. The topological polar surface area (TPSA) is 47.8 Å². The van der Waals surface area contributed by atoms with E-state index in [1.807, 2.05) is 30.3 Å². The molecule has 0 radical (unpaired) electrons. The van der Waals surface area contributed by atoms with E-state index in [4.69, 9.17) is 0 Å². The zero-order chi connectivity index (χ0) is 12.4. The SMILES string of the molecule is O=C(c1cncs1)c1ccnn1-c1ccccc1. The molecule has 2 aromatic heterocycles. The van der Waals surface area contributed by atoms with Gasteiger partial charge < -0.3 is 0 Å². The van der Waals surface area contributed by atoms with Crippen LogP contribution >= 0.6 is 11.3 Å². The van der Waals surface area contributed by atoms with Crippen LogP contribution in [0.3, 0.4) is 0 Å². The number of nitrogens with zero attached hydrogens (tertiary/aromatic N) is 3. The number of benzene rings is 1. The molecule has 0 aliphatic carbocycles. The smallest absolute Gasteiger partial charge is 0.223 e. The fourth-order valence-corrected chi connectivity index (χ4v) is 2.27. The summed E-state index contributed by atoms with van der Waals surface area (Å²) >= 11 is 1.33. The number of thiazole rings is 1. The molecular formula is C13H9N3OS. The Morgan fingerprint density at radius 3 is 2.72 bits per heavy atom. The first-order valence-corrected chi connectivity index (χ1v) is 6.27. The molecular weight excluding hydrogens is 246 g/mol. The number of carbonyl (C=O) groups excluding carboxylic acids is 1. The normalized spacial score (nSPS) is 10.4. The van der Waals surface area contributed by atoms with Crippen LogP contribution in [0.5, 0.6) is 0 Å². The molecule has 88 valence electrons. The summed E-state index contributed by atoms with van der Waals surface area (Å²) in [6, 6.07) is 11.3. The van der Waals surface area contributed by atoms with Crippen LogP contribution in [0.2, 0.25) is 0 Å². The van der Waals surface area contributed by atoms with E-state index >= 15 is 0 Å². The predicted octanol–water partition coefficient (Wildman–Crippen LogP) is 2.56. The predicted molar refractivity (Wildman–Crippen MR) is 69.1 cm³/mol. The van der Waals surface area contributed by atoms with E-state index in [9.17, 15) is 4.79 Å². The Balaban J connectivity index is 2.05. The lowest BCUT2D eigenvalue weighted by molar-refractivity contribution is 0.103. The number of aromatic nitrogens is 3. The zero-order valence-electron chi connectivity index (χ0n) is 9.35. The molecule has 3 rings (SSSR count). The van der Waals surface area contributed by atoms with Crippen molar-refractivity contribution in [3.63, 3.8) is 0 Å². The van der Waals surface area contributed by atoms with Crippen molar-refractivity contribution in [3.8, 4) is 5.69 Å². The second-order valence-corrected chi connectivity index (χ2v) is 4.54. The van der Waals surface area contributed by atoms with Crippen molar-refractivity contribution in [2.24, 2.45) is 0 Å². The molecule has 0 unspecified atom stereocenters. The summed E-state index contributed by atoms with van der Waals surface area (Å²) in [6.45, 7) is 0. The fraction of sp³-hybridized carbons (Fsp3) is 0. The van der Waals surface area contributed by atoms with Crippen LogP contribution in [0.1, 0.15) is 15.4 Å². The van der Waals surface area contributed by atoms with Crippen molar-refractivity contribution in [2.45, 2.75) is 0 Å². The molecule has 0 saturated carbocycles. The van der Waals surface area contributed by atoms with Gasteiger partial charge in [0.1, 0.15) is 5.69 Å². The lowest BCUT2D eigenvalue weighted by atomic mass is 10.2.